The van der Waals surface area contributed by atoms with E-state index < -0.39 is 0 Å². The number of rotatable bonds is 0. The number of fused-ring (bicyclic) bond motifs is 1. The van der Waals surface area contributed by atoms with Crippen LogP contribution >= 0.6 is 0 Å². The van der Waals surface area contributed by atoms with Crippen LogP contribution in [0.5, 0.6) is 0 Å². The third-order valence-corrected chi connectivity index (χ3v) is 4.54. The van der Waals surface area contributed by atoms with Gasteiger partial charge in [0, 0.05) is 0 Å². The van der Waals surface area contributed by atoms with E-state index >= 15 is 0 Å². The van der Waals surface area contributed by atoms with Crippen LogP contribution < -0.4 is 0 Å². The fourth-order valence-electron chi connectivity index (χ4n) is 3.82. The minimum atomic E-state index is 0.406. The van der Waals surface area contributed by atoms with Crippen molar-refractivity contribution in [3.05, 3.63) is 0 Å². The van der Waals surface area contributed by atoms with E-state index in [1.807, 2.05) is 0 Å². The van der Waals surface area contributed by atoms with Crippen LogP contribution in [0.25, 0.3) is 0 Å². The summed E-state index contributed by atoms with van der Waals surface area (Å²) in [5.41, 5.74) is 1.86. The first-order valence-corrected chi connectivity index (χ1v) is 5.68. The Morgan fingerprint density at radius 1 is 1.29 bits per heavy atom. The third kappa shape index (κ3) is 1.35. The molecule has 2 fully saturated rings. The van der Waals surface area contributed by atoms with Crippen LogP contribution in [0.2, 0.25) is 0 Å². The normalized spacial score (nSPS) is 43.9. The molecular weight excluding hydrogens is 174 g/mol. The molecule has 0 aromatic heterocycles. The van der Waals surface area contributed by atoms with Crippen LogP contribution in [0.1, 0.15) is 52.9 Å². The highest BCUT2D eigenvalue weighted by atomic mass is 16.4. The van der Waals surface area contributed by atoms with Crippen molar-refractivity contribution in [2.24, 2.45) is 21.9 Å². The van der Waals surface area contributed by atoms with Crippen LogP contribution in [-0.2, 0) is 0 Å². The van der Waals surface area contributed by atoms with Gasteiger partial charge >= 0.3 is 0 Å². The number of nitrogens with zero attached hydrogens (tertiary/aromatic N) is 1. The molecular formula is C12H21NO. The van der Waals surface area contributed by atoms with Crippen LogP contribution in [0.3, 0.4) is 0 Å². The fourth-order valence-corrected chi connectivity index (χ4v) is 3.82. The van der Waals surface area contributed by atoms with Crippen molar-refractivity contribution in [3.8, 4) is 0 Å². The van der Waals surface area contributed by atoms with Crippen molar-refractivity contribution >= 4 is 5.71 Å². The smallest absolute Gasteiger partial charge is 0.0579 e. The Morgan fingerprint density at radius 2 is 2.00 bits per heavy atom. The molecule has 1 N–H and O–H groups in total. The highest BCUT2D eigenvalue weighted by Gasteiger charge is 2.51. The Balaban J connectivity index is 2.29. The van der Waals surface area contributed by atoms with Crippen molar-refractivity contribution in [2.75, 3.05) is 0 Å². The van der Waals surface area contributed by atoms with Gasteiger partial charge in [0.25, 0.3) is 0 Å². The summed E-state index contributed by atoms with van der Waals surface area (Å²) in [5, 5.41) is 12.3. The molecule has 2 saturated carbocycles. The third-order valence-electron chi connectivity index (χ3n) is 4.54. The molecule has 0 saturated heterocycles. The molecule has 2 nitrogen and oxygen atoms in total. The molecule has 0 bridgehead atoms. The first-order chi connectivity index (χ1) is 6.48. The van der Waals surface area contributed by atoms with Crippen LogP contribution in [-0.4, -0.2) is 10.9 Å². The van der Waals surface area contributed by atoms with Gasteiger partial charge in [-0.05, 0) is 42.4 Å². The maximum absolute atomic E-state index is 8.89. The number of hydrogen-bond acceptors (Lipinski definition) is 2. The van der Waals surface area contributed by atoms with Gasteiger partial charge < -0.3 is 5.21 Å². The highest BCUT2D eigenvalue weighted by Crippen LogP contribution is 2.58. The van der Waals surface area contributed by atoms with Gasteiger partial charge in [-0.3, -0.25) is 0 Å². The summed E-state index contributed by atoms with van der Waals surface area (Å²) >= 11 is 0. The van der Waals surface area contributed by atoms with Crippen molar-refractivity contribution in [1.82, 2.24) is 0 Å². The van der Waals surface area contributed by atoms with E-state index in [2.05, 4.69) is 25.9 Å². The van der Waals surface area contributed by atoms with Crippen molar-refractivity contribution in [2.45, 2.75) is 52.9 Å². The average Bonchev–Trinajstić information content (AvgIpc) is 2.43. The molecule has 2 aliphatic carbocycles. The maximum Gasteiger partial charge on any atom is 0.0579 e. The van der Waals surface area contributed by atoms with Gasteiger partial charge in [-0.2, -0.15) is 0 Å². The molecule has 2 rings (SSSR count). The zero-order valence-electron chi connectivity index (χ0n) is 9.51. The molecule has 14 heavy (non-hydrogen) atoms. The van der Waals surface area contributed by atoms with Gasteiger partial charge in [0.15, 0.2) is 0 Å². The van der Waals surface area contributed by atoms with Gasteiger partial charge in [-0.1, -0.05) is 32.3 Å². The molecule has 0 spiro atoms. The minimum Gasteiger partial charge on any atom is -0.411 e. The van der Waals surface area contributed by atoms with Crippen LogP contribution in [0, 0.1) is 16.7 Å². The second-order valence-electron chi connectivity index (χ2n) is 6.10. The van der Waals surface area contributed by atoms with Gasteiger partial charge in [-0.25, -0.2) is 0 Å². The molecule has 0 radical (unpaired) electrons. The Bertz CT molecular complexity index is 269. The van der Waals surface area contributed by atoms with Crippen LogP contribution in [0.4, 0.5) is 0 Å². The lowest BCUT2D eigenvalue weighted by Gasteiger charge is -2.46. The van der Waals surface area contributed by atoms with E-state index in [0.717, 1.165) is 24.5 Å². The average molecular weight is 195 g/mol. The SMILES string of the molecule is CC1(C)CCC[C@@]2(C)C/C(=N\O)C[C@@H]12. The zero-order chi connectivity index (χ0) is 10.4. The second-order valence-corrected chi connectivity index (χ2v) is 6.10. The van der Waals surface area contributed by atoms with E-state index in [0.29, 0.717) is 10.8 Å². The number of oxime groups is 1. The van der Waals surface area contributed by atoms with E-state index in [1.165, 1.54) is 19.3 Å². The Kier molecular flexibility index (Phi) is 2.13. The lowest BCUT2D eigenvalue weighted by molar-refractivity contribution is 0.0286. The fraction of sp³-hybridized carbons (Fsp3) is 0.917. The van der Waals surface area contributed by atoms with Crippen LogP contribution in [0.15, 0.2) is 5.16 Å². The Morgan fingerprint density at radius 3 is 2.57 bits per heavy atom. The quantitative estimate of drug-likeness (QED) is 0.466. The summed E-state index contributed by atoms with van der Waals surface area (Å²) in [6.07, 6.45) is 5.99. The topological polar surface area (TPSA) is 32.6 Å². The van der Waals surface area contributed by atoms with E-state index in [1.54, 1.807) is 0 Å². The maximum atomic E-state index is 8.89. The van der Waals surface area contributed by atoms with E-state index in [9.17, 15) is 0 Å². The highest BCUT2D eigenvalue weighted by molar-refractivity contribution is 5.87. The van der Waals surface area contributed by atoms with Gasteiger partial charge in [-0.15, -0.1) is 0 Å². The molecule has 0 aromatic rings. The van der Waals surface area contributed by atoms with Gasteiger partial charge in [0.2, 0.25) is 0 Å². The predicted molar refractivity (Wildman–Crippen MR) is 57.7 cm³/mol. The molecule has 0 aliphatic heterocycles. The summed E-state index contributed by atoms with van der Waals surface area (Å²) in [7, 11) is 0. The standard InChI is InChI=1S/C12H21NO/c1-11(2)5-4-6-12(3)8-9(13-14)7-10(11)12/h10,14H,4-8H2,1-3H3/b13-9-/t10-,12-/m0/s1. The van der Waals surface area contributed by atoms with E-state index in [4.69, 9.17) is 5.21 Å². The summed E-state index contributed by atoms with van der Waals surface area (Å²) in [6, 6.07) is 0. The molecule has 2 heteroatoms. The van der Waals surface area contributed by atoms with Crippen molar-refractivity contribution < 1.29 is 5.21 Å². The largest absolute Gasteiger partial charge is 0.411 e. The van der Waals surface area contributed by atoms with Crippen molar-refractivity contribution in [1.29, 1.82) is 0 Å². The molecule has 80 valence electrons. The molecule has 0 aromatic carbocycles. The summed E-state index contributed by atoms with van der Waals surface area (Å²) in [5.74, 6) is 0.717. The Hall–Kier alpha value is -0.530. The first-order valence-electron chi connectivity index (χ1n) is 5.68. The monoisotopic (exact) mass is 195 g/mol. The lowest BCUT2D eigenvalue weighted by atomic mass is 9.58. The molecule has 2 atom stereocenters. The first kappa shape index (κ1) is 10.0. The summed E-state index contributed by atoms with van der Waals surface area (Å²) in [4.78, 5) is 0. The molecule has 0 unspecified atom stereocenters. The second kappa shape index (κ2) is 2.98. The minimum absolute atomic E-state index is 0.406. The summed E-state index contributed by atoms with van der Waals surface area (Å²) < 4.78 is 0. The van der Waals surface area contributed by atoms with Gasteiger partial charge in [0.1, 0.15) is 0 Å². The molecule has 0 amide bonds. The summed E-state index contributed by atoms with van der Waals surface area (Å²) in [6.45, 7) is 7.11. The molecule has 0 heterocycles. The predicted octanol–water partition coefficient (Wildman–Crippen LogP) is 3.44. The lowest BCUT2D eigenvalue weighted by Crippen LogP contribution is -2.38. The van der Waals surface area contributed by atoms with Crippen molar-refractivity contribution in [3.63, 3.8) is 0 Å². The molecule has 2 aliphatic rings. The number of hydrogen-bond donors (Lipinski definition) is 1. The zero-order valence-corrected chi connectivity index (χ0v) is 9.51. The van der Waals surface area contributed by atoms with E-state index in [-0.39, 0.29) is 0 Å². The Labute approximate surface area is 86.4 Å². The van der Waals surface area contributed by atoms with Gasteiger partial charge in [0.05, 0.1) is 5.71 Å².